The van der Waals surface area contributed by atoms with Gasteiger partial charge in [-0.15, -0.1) is 0 Å². The number of nitriles is 1. The lowest BCUT2D eigenvalue weighted by molar-refractivity contribution is 0.0748. The normalized spacial score (nSPS) is 11.9. The van der Waals surface area contributed by atoms with Gasteiger partial charge in [0.15, 0.2) is 0 Å². The molecule has 21 heavy (non-hydrogen) atoms. The fraction of sp³-hybridized carbons (Fsp3) is 0.267. The van der Waals surface area contributed by atoms with Crippen molar-refractivity contribution in [3.05, 3.63) is 44.7 Å². The van der Waals surface area contributed by atoms with Crippen LogP contribution in [0.15, 0.2) is 33.5 Å². The number of hydrogen-bond acceptors (Lipinski definition) is 3. The van der Waals surface area contributed by atoms with Gasteiger partial charge in [-0.2, -0.15) is 5.26 Å². The Morgan fingerprint density at radius 1 is 1.48 bits per heavy atom. The van der Waals surface area contributed by atoms with Crippen molar-refractivity contribution in [2.75, 3.05) is 7.05 Å². The minimum absolute atomic E-state index is 0.219. The van der Waals surface area contributed by atoms with Gasteiger partial charge in [0.25, 0.3) is 5.91 Å². The summed E-state index contributed by atoms with van der Waals surface area (Å²) in [6.45, 7) is 1.80. The molecule has 0 unspecified atom stereocenters. The molecule has 1 aromatic carbocycles. The number of H-pyrrole nitrogens is 1. The number of nitrogens with zero attached hydrogens (tertiary/aromatic N) is 2. The van der Waals surface area contributed by atoms with E-state index in [0.29, 0.717) is 16.5 Å². The average molecular weight is 348 g/mol. The Morgan fingerprint density at radius 3 is 2.86 bits per heavy atom. The molecule has 0 saturated heterocycles. The molecule has 0 saturated carbocycles. The summed E-state index contributed by atoms with van der Waals surface area (Å²) in [5, 5.41) is 9.41. The first-order valence-corrected chi connectivity index (χ1v) is 7.20. The first-order chi connectivity index (χ1) is 9.93. The number of pyridine rings is 1. The summed E-state index contributed by atoms with van der Waals surface area (Å²) in [5.74, 6) is -0.271. The molecule has 5 nitrogen and oxygen atoms in total. The Kier molecular flexibility index (Phi) is 4.43. The Labute approximate surface area is 130 Å². The Bertz CT molecular complexity index is 792. The van der Waals surface area contributed by atoms with Crippen LogP contribution in [0.2, 0.25) is 0 Å². The zero-order valence-corrected chi connectivity index (χ0v) is 13.3. The molecule has 6 heteroatoms. The molecule has 1 atom stereocenters. The van der Waals surface area contributed by atoms with E-state index in [-0.39, 0.29) is 23.9 Å². The van der Waals surface area contributed by atoms with Crippen molar-refractivity contribution in [2.45, 2.75) is 19.4 Å². The topological polar surface area (TPSA) is 77.0 Å². The van der Waals surface area contributed by atoms with Crippen LogP contribution in [0.4, 0.5) is 0 Å². The Balaban J connectivity index is 2.55. The molecule has 0 bridgehead atoms. The summed E-state index contributed by atoms with van der Waals surface area (Å²) in [6, 6.07) is 8.46. The lowest BCUT2D eigenvalue weighted by Gasteiger charge is -2.23. The third kappa shape index (κ3) is 3.14. The van der Waals surface area contributed by atoms with E-state index in [1.165, 1.54) is 11.0 Å². The van der Waals surface area contributed by atoms with E-state index >= 15 is 0 Å². The monoisotopic (exact) mass is 347 g/mol. The van der Waals surface area contributed by atoms with Gasteiger partial charge in [-0.05, 0) is 25.1 Å². The van der Waals surface area contributed by atoms with Gasteiger partial charge in [0.05, 0.1) is 18.1 Å². The third-order valence-corrected chi connectivity index (χ3v) is 3.90. The highest BCUT2D eigenvalue weighted by atomic mass is 79.9. The molecule has 0 spiro atoms. The lowest BCUT2D eigenvalue weighted by atomic mass is 10.1. The van der Waals surface area contributed by atoms with Gasteiger partial charge in [-0.1, -0.05) is 15.9 Å². The second-order valence-electron chi connectivity index (χ2n) is 4.86. The number of hydrogen-bond donors (Lipinski definition) is 1. The quantitative estimate of drug-likeness (QED) is 0.926. The van der Waals surface area contributed by atoms with Crippen LogP contribution in [0.25, 0.3) is 10.9 Å². The Hall–Kier alpha value is -2.13. The van der Waals surface area contributed by atoms with Crippen LogP contribution < -0.4 is 5.56 Å². The van der Waals surface area contributed by atoms with Crippen molar-refractivity contribution in [3.63, 3.8) is 0 Å². The zero-order chi connectivity index (χ0) is 15.6. The Morgan fingerprint density at radius 2 is 2.19 bits per heavy atom. The van der Waals surface area contributed by atoms with Crippen molar-refractivity contribution >= 4 is 32.7 Å². The number of rotatable bonds is 3. The summed E-state index contributed by atoms with van der Waals surface area (Å²) < 4.78 is 0.823. The number of carbonyl (C=O) groups is 1. The maximum Gasteiger partial charge on any atom is 0.254 e. The molecule has 1 aromatic heterocycles. The fourth-order valence-electron chi connectivity index (χ4n) is 2.06. The number of benzene rings is 1. The number of amides is 1. The van der Waals surface area contributed by atoms with Crippen molar-refractivity contribution in [2.24, 2.45) is 0 Å². The van der Waals surface area contributed by atoms with Crippen molar-refractivity contribution < 1.29 is 4.79 Å². The van der Waals surface area contributed by atoms with Crippen LogP contribution in [0.5, 0.6) is 0 Å². The van der Waals surface area contributed by atoms with E-state index in [2.05, 4.69) is 20.9 Å². The maximum atomic E-state index is 12.6. The molecule has 0 fully saturated rings. The highest BCUT2D eigenvalue weighted by molar-refractivity contribution is 9.10. The molecule has 2 rings (SSSR count). The van der Waals surface area contributed by atoms with Crippen molar-refractivity contribution in [1.29, 1.82) is 5.26 Å². The largest absolute Gasteiger partial charge is 0.338 e. The lowest BCUT2D eigenvalue weighted by Crippen LogP contribution is -2.35. The van der Waals surface area contributed by atoms with E-state index in [0.717, 1.165) is 4.47 Å². The number of nitrogens with one attached hydrogen (secondary N) is 1. The smallest absolute Gasteiger partial charge is 0.254 e. The molecule has 1 N–H and O–H groups in total. The van der Waals surface area contributed by atoms with Crippen LogP contribution in [-0.4, -0.2) is 28.9 Å². The van der Waals surface area contributed by atoms with Crippen molar-refractivity contribution in [1.82, 2.24) is 9.88 Å². The van der Waals surface area contributed by atoms with E-state index in [1.807, 2.05) is 6.07 Å². The molecule has 2 aromatic rings. The summed E-state index contributed by atoms with van der Waals surface area (Å²) >= 11 is 3.37. The number of aromatic amines is 1. The van der Waals surface area contributed by atoms with Gasteiger partial charge in [0.1, 0.15) is 0 Å². The molecule has 1 amide bonds. The van der Waals surface area contributed by atoms with Crippen LogP contribution in [0.3, 0.4) is 0 Å². The van der Waals surface area contributed by atoms with Gasteiger partial charge < -0.3 is 9.88 Å². The predicted molar refractivity (Wildman–Crippen MR) is 84.1 cm³/mol. The second kappa shape index (κ2) is 6.10. The van der Waals surface area contributed by atoms with Crippen LogP contribution in [0, 0.1) is 11.3 Å². The van der Waals surface area contributed by atoms with E-state index < -0.39 is 0 Å². The minimum atomic E-state index is -0.325. The highest BCUT2D eigenvalue weighted by Crippen LogP contribution is 2.22. The summed E-state index contributed by atoms with van der Waals surface area (Å²) in [6.07, 6.45) is 0.243. The molecule has 0 aliphatic carbocycles. The van der Waals surface area contributed by atoms with Gasteiger partial charge in [0.2, 0.25) is 5.56 Å². The summed E-state index contributed by atoms with van der Waals surface area (Å²) in [5.41, 5.74) is 0.618. The number of halogens is 1. The molecule has 0 radical (unpaired) electrons. The van der Waals surface area contributed by atoms with Crippen LogP contribution in [0.1, 0.15) is 23.7 Å². The number of aromatic nitrogens is 1. The van der Waals surface area contributed by atoms with E-state index in [4.69, 9.17) is 5.26 Å². The summed E-state index contributed by atoms with van der Waals surface area (Å²) in [4.78, 5) is 28.5. The van der Waals surface area contributed by atoms with Gasteiger partial charge in [0, 0.05) is 34.5 Å². The summed E-state index contributed by atoms with van der Waals surface area (Å²) in [7, 11) is 1.63. The van der Waals surface area contributed by atoms with Gasteiger partial charge in [-0.25, -0.2) is 0 Å². The highest BCUT2D eigenvalue weighted by Gasteiger charge is 2.20. The SMILES string of the molecule is C[C@H](CC#N)N(C)C(=O)c1cc(=O)[nH]c2ccc(Br)cc12. The predicted octanol–water partition coefficient (Wildman–Crippen LogP) is 2.66. The fourth-order valence-corrected chi connectivity index (χ4v) is 2.42. The molecule has 108 valence electrons. The number of fused-ring (bicyclic) bond motifs is 1. The maximum absolute atomic E-state index is 12.6. The third-order valence-electron chi connectivity index (χ3n) is 3.40. The minimum Gasteiger partial charge on any atom is -0.338 e. The first-order valence-electron chi connectivity index (χ1n) is 6.40. The zero-order valence-electron chi connectivity index (χ0n) is 11.7. The number of carbonyl (C=O) groups excluding carboxylic acids is 1. The van der Waals surface area contributed by atoms with Crippen LogP contribution >= 0.6 is 15.9 Å². The first kappa shape index (κ1) is 15.3. The van der Waals surface area contributed by atoms with Gasteiger partial charge >= 0.3 is 0 Å². The standard InChI is InChI=1S/C15H14BrN3O2/c1-9(5-6-17)19(2)15(21)12-8-14(20)18-13-4-3-10(16)7-11(12)13/h3-4,7-9H,5H2,1-2H3,(H,18,20)/t9-/m1/s1. The van der Waals surface area contributed by atoms with E-state index in [9.17, 15) is 9.59 Å². The molecule has 0 aliphatic rings. The molecule has 0 aliphatic heterocycles. The average Bonchev–Trinajstić information content (AvgIpc) is 2.45. The van der Waals surface area contributed by atoms with E-state index in [1.54, 1.807) is 32.2 Å². The van der Waals surface area contributed by atoms with Crippen LogP contribution in [-0.2, 0) is 0 Å². The molecular weight excluding hydrogens is 334 g/mol. The van der Waals surface area contributed by atoms with Crippen molar-refractivity contribution in [3.8, 4) is 6.07 Å². The molecule has 1 heterocycles. The van der Waals surface area contributed by atoms with Gasteiger partial charge in [-0.3, -0.25) is 9.59 Å². The molecular formula is C15H14BrN3O2. The second-order valence-corrected chi connectivity index (χ2v) is 5.78.